The molecular formula is C21H34O2. The maximum Gasteiger partial charge on any atom is 0.110 e. The van der Waals surface area contributed by atoms with Crippen molar-refractivity contribution in [3.8, 4) is 0 Å². The third-order valence-corrected chi connectivity index (χ3v) is 9.66. The van der Waals surface area contributed by atoms with Crippen molar-refractivity contribution < 1.29 is 9.84 Å². The molecule has 0 amide bonds. The number of fused-ring (bicyclic) bond motifs is 5. The third-order valence-electron chi connectivity index (χ3n) is 9.66. The van der Waals surface area contributed by atoms with Gasteiger partial charge in [0.1, 0.15) is 6.10 Å². The van der Waals surface area contributed by atoms with Gasteiger partial charge in [-0.2, -0.15) is 0 Å². The molecule has 2 nitrogen and oxygen atoms in total. The fraction of sp³-hybridized carbons (Fsp3) is 1.00. The second-order valence-corrected chi connectivity index (χ2v) is 10.1. The van der Waals surface area contributed by atoms with Gasteiger partial charge in [-0.25, -0.2) is 0 Å². The van der Waals surface area contributed by atoms with E-state index >= 15 is 0 Å². The maximum atomic E-state index is 11.4. The summed E-state index contributed by atoms with van der Waals surface area (Å²) in [5.41, 5.74) is 0.208. The summed E-state index contributed by atoms with van der Waals surface area (Å²) < 4.78 is 5.60. The van der Waals surface area contributed by atoms with E-state index in [1.807, 2.05) is 0 Å². The molecule has 2 heteroatoms. The van der Waals surface area contributed by atoms with Crippen LogP contribution in [0.1, 0.15) is 78.1 Å². The highest BCUT2D eigenvalue weighted by molar-refractivity contribution is 5.17. The minimum absolute atomic E-state index is 0.118. The summed E-state index contributed by atoms with van der Waals surface area (Å²) in [6.45, 7) is 5.85. The average molecular weight is 319 g/mol. The number of aliphatic hydroxyl groups is 1. The third kappa shape index (κ3) is 1.83. The quantitative estimate of drug-likeness (QED) is 0.719. The molecule has 1 unspecified atom stereocenters. The van der Waals surface area contributed by atoms with Crippen molar-refractivity contribution in [1.29, 1.82) is 0 Å². The lowest BCUT2D eigenvalue weighted by molar-refractivity contribution is -0.157. The molecule has 4 saturated carbocycles. The van der Waals surface area contributed by atoms with Gasteiger partial charge in [0.05, 0.1) is 12.2 Å². The van der Waals surface area contributed by atoms with Crippen LogP contribution in [0.4, 0.5) is 0 Å². The summed E-state index contributed by atoms with van der Waals surface area (Å²) in [6.07, 6.45) is 13.8. The first-order valence-corrected chi connectivity index (χ1v) is 10.3. The maximum absolute atomic E-state index is 11.4. The average Bonchev–Trinajstić information content (AvgIpc) is 3.34. The highest BCUT2D eigenvalue weighted by atomic mass is 16.6. The lowest BCUT2D eigenvalue weighted by Gasteiger charge is -2.61. The molecule has 8 atom stereocenters. The molecule has 0 aromatic heterocycles. The van der Waals surface area contributed by atoms with E-state index in [0.717, 1.165) is 36.7 Å². The highest BCUT2D eigenvalue weighted by Gasteiger charge is 2.68. The topological polar surface area (TPSA) is 32.8 Å². The van der Waals surface area contributed by atoms with Crippen molar-refractivity contribution in [3.05, 3.63) is 0 Å². The molecule has 5 aliphatic rings. The van der Waals surface area contributed by atoms with Crippen molar-refractivity contribution in [1.82, 2.24) is 0 Å². The van der Waals surface area contributed by atoms with E-state index in [-0.39, 0.29) is 11.5 Å². The van der Waals surface area contributed by atoms with Crippen LogP contribution in [-0.2, 0) is 4.74 Å². The molecule has 23 heavy (non-hydrogen) atoms. The first kappa shape index (κ1) is 15.2. The zero-order valence-electron chi connectivity index (χ0n) is 15.0. The van der Waals surface area contributed by atoms with Gasteiger partial charge < -0.3 is 9.84 Å². The van der Waals surface area contributed by atoms with Crippen molar-refractivity contribution >= 4 is 0 Å². The number of ether oxygens (including phenoxy) is 1. The Bertz CT molecular complexity index is 500. The van der Waals surface area contributed by atoms with Gasteiger partial charge in [-0.05, 0) is 80.5 Å². The number of epoxide rings is 1. The van der Waals surface area contributed by atoms with E-state index in [1.54, 1.807) is 0 Å². The van der Waals surface area contributed by atoms with Gasteiger partial charge in [0.15, 0.2) is 0 Å². The largest absolute Gasteiger partial charge is 0.387 e. The summed E-state index contributed by atoms with van der Waals surface area (Å²) in [5.74, 6) is 3.55. The molecule has 0 aromatic rings. The molecule has 1 aliphatic heterocycles. The zero-order valence-corrected chi connectivity index (χ0v) is 15.0. The molecule has 0 radical (unpaired) electrons. The lowest BCUT2D eigenvalue weighted by atomic mass is 9.44. The molecule has 1 saturated heterocycles. The van der Waals surface area contributed by atoms with Crippen LogP contribution in [-0.4, -0.2) is 23.4 Å². The van der Waals surface area contributed by atoms with E-state index in [4.69, 9.17) is 4.74 Å². The number of hydrogen-bond acceptors (Lipinski definition) is 2. The predicted molar refractivity (Wildman–Crippen MR) is 91.0 cm³/mol. The summed E-state index contributed by atoms with van der Waals surface area (Å²) >= 11 is 0. The minimum atomic E-state index is -0.521. The molecule has 0 aromatic carbocycles. The van der Waals surface area contributed by atoms with Gasteiger partial charge >= 0.3 is 0 Å². The van der Waals surface area contributed by atoms with E-state index in [2.05, 4.69) is 13.8 Å². The monoisotopic (exact) mass is 318 g/mol. The Kier molecular flexibility index (Phi) is 3.14. The standard InChI is InChI=1S/C21H34O2/c1-19-10-4-3-5-14(19)6-7-15-16(19)8-11-20(2)17(15)9-12-21(20,22)18-13-23-18/h14-18,22H,3-13H2,1-2H3/t14-,15-,16+,17+,18?,19+,20+,21+/m1/s1. The van der Waals surface area contributed by atoms with Crippen LogP contribution in [0, 0.1) is 34.5 Å². The van der Waals surface area contributed by atoms with Crippen molar-refractivity contribution in [3.63, 3.8) is 0 Å². The summed E-state index contributed by atoms with van der Waals surface area (Å²) in [6, 6.07) is 0. The minimum Gasteiger partial charge on any atom is -0.387 e. The van der Waals surface area contributed by atoms with Crippen LogP contribution in [0.25, 0.3) is 0 Å². The fourth-order valence-corrected chi connectivity index (χ4v) is 8.20. The zero-order chi connectivity index (χ0) is 15.9. The molecule has 0 spiro atoms. The Morgan fingerprint density at radius 2 is 1.65 bits per heavy atom. The van der Waals surface area contributed by atoms with Crippen LogP contribution in [0.3, 0.4) is 0 Å². The molecular weight excluding hydrogens is 284 g/mol. The molecule has 4 aliphatic carbocycles. The Hall–Kier alpha value is -0.0800. The van der Waals surface area contributed by atoms with Gasteiger partial charge in [-0.3, -0.25) is 0 Å². The van der Waals surface area contributed by atoms with E-state index < -0.39 is 5.60 Å². The Morgan fingerprint density at radius 3 is 2.43 bits per heavy atom. The fourth-order valence-electron chi connectivity index (χ4n) is 8.20. The van der Waals surface area contributed by atoms with Crippen molar-refractivity contribution in [2.45, 2.75) is 89.8 Å². The molecule has 1 N–H and O–H groups in total. The Labute approximate surface area is 141 Å². The molecule has 130 valence electrons. The number of hydrogen-bond donors (Lipinski definition) is 1. The SMILES string of the molecule is C[C@]12CCCC[C@@H]1CC[C@@H]1[C@@H]2CC[C@@]2(C)[C@H]1CC[C@]2(O)C1CO1. The van der Waals surface area contributed by atoms with E-state index in [9.17, 15) is 5.11 Å². The second kappa shape index (κ2) is 4.75. The molecule has 5 fully saturated rings. The van der Waals surface area contributed by atoms with Crippen molar-refractivity contribution in [2.24, 2.45) is 34.5 Å². The van der Waals surface area contributed by atoms with Gasteiger partial charge in [0, 0.05) is 5.41 Å². The Morgan fingerprint density at radius 1 is 0.870 bits per heavy atom. The predicted octanol–water partition coefficient (Wildman–Crippen LogP) is 4.55. The highest BCUT2D eigenvalue weighted by Crippen LogP contribution is 2.69. The first-order chi connectivity index (χ1) is 11.0. The van der Waals surface area contributed by atoms with E-state index in [1.165, 1.54) is 57.8 Å². The van der Waals surface area contributed by atoms with Crippen LogP contribution >= 0.6 is 0 Å². The van der Waals surface area contributed by atoms with Crippen LogP contribution in [0.15, 0.2) is 0 Å². The van der Waals surface area contributed by atoms with Crippen LogP contribution in [0.2, 0.25) is 0 Å². The van der Waals surface area contributed by atoms with Gasteiger partial charge in [-0.1, -0.05) is 26.7 Å². The first-order valence-electron chi connectivity index (χ1n) is 10.3. The van der Waals surface area contributed by atoms with Gasteiger partial charge in [0.25, 0.3) is 0 Å². The van der Waals surface area contributed by atoms with Crippen LogP contribution < -0.4 is 0 Å². The summed E-state index contributed by atoms with van der Waals surface area (Å²) in [7, 11) is 0. The second-order valence-electron chi connectivity index (χ2n) is 10.1. The smallest absolute Gasteiger partial charge is 0.110 e. The van der Waals surface area contributed by atoms with Crippen LogP contribution in [0.5, 0.6) is 0 Å². The number of rotatable bonds is 1. The molecule has 1 heterocycles. The Balaban J connectivity index is 1.47. The summed E-state index contributed by atoms with van der Waals surface area (Å²) in [4.78, 5) is 0. The molecule has 0 bridgehead atoms. The van der Waals surface area contributed by atoms with E-state index in [0.29, 0.717) is 5.41 Å². The van der Waals surface area contributed by atoms with Gasteiger partial charge in [-0.15, -0.1) is 0 Å². The molecule has 5 rings (SSSR count). The normalized spacial score (nSPS) is 61.4. The van der Waals surface area contributed by atoms with Gasteiger partial charge in [0.2, 0.25) is 0 Å². The lowest BCUT2D eigenvalue weighted by Crippen LogP contribution is -2.57. The summed E-state index contributed by atoms with van der Waals surface area (Å²) in [5, 5.41) is 11.4. The van der Waals surface area contributed by atoms with Crippen molar-refractivity contribution in [2.75, 3.05) is 6.61 Å².